The number of carbonyl (C=O) groups excluding carboxylic acids is 1. The smallest absolute Gasteiger partial charge is 0.256 e. The third-order valence-electron chi connectivity index (χ3n) is 2.27. The van der Waals surface area contributed by atoms with Gasteiger partial charge in [-0.1, -0.05) is 11.6 Å². The van der Waals surface area contributed by atoms with Crippen LogP contribution in [0.1, 0.15) is 10.4 Å². The molecule has 0 spiro atoms. The number of benzene rings is 1. The Kier molecular flexibility index (Phi) is 3.92. The highest BCUT2D eigenvalue weighted by atomic mass is 79.9. The maximum atomic E-state index is 11.9. The molecule has 0 saturated carbocycles. The summed E-state index contributed by atoms with van der Waals surface area (Å²) in [6.07, 6.45) is 0. The van der Waals surface area contributed by atoms with Gasteiger partial charge in [-0.2, -0.15) is 0 Å². The molecule has 0 bridgehead atoms. The van der Waals surface area contributed by atoms with E-state index in [1.54, 1.807) is 18.2 Å². The number of H-pyrrole nitrogens is 1. The van der Waals surface area contributed by atoms with Gasteiger partial charge in [0.25, 0.3) is 11.5 Å². The molecule has 7 heteroatoms. The zero-order chi connectivity index (χ0) is 14.0. The number of aromatic hydroxyl groups is 1. The summed E-state index contributed by atoms with van der Waals surface area (Å²) >= 11 is 9.07. The summed E-state index contributed by atoms with van der Waals surface area (Å²) in [5.41, 5.74) is 0.0239. The molecule has 2 rings (SSSR count). The summed E-state index contributed by atoms with van der Waals surface area (Å²) in [6.45, 7) is 0. The summed E-state index contributed by atoms with van der Waals surface area (Å²) in [7, 11) is 0. The van der Waals surface area contributed by atoms with E-state index in [0.717, 1.165) is 6.07 Å². The number of halogens is 2. The molecule has 0 aliphatic heterocycles. The molecule has 0 aliphatic rings. The van der Waals surface area contributed by atoms with Crippen LogP contribution >= 0.6 is 27.5 Å². The second kappa shape index (κ2) is 5.46. The summed E-state index contributed by atoms with van der Waals surface area (Å²) < 4.78 is 0.640. The molecule has 19 heavy (non-hydrogen) atoms. The van der Waals surface area contributed by atoms with E-state index in [0.29, 0.717) is 15.2 Å². The fourth-order valence-electron chi connectivity index (χ4n) is 1.44. The molecule has 1 aromatic carbocycles. The Bertz CT molecular complexity index is 700. The van der Waals surface area contributed by atoms with E-state index in [2.05, 4.69) is 26.2 Å². The third kappa shape index (κ3) is 3.36. The van der Waals surface area contributed by atoms with Gasteiger partial charge in [-0.05, 0) is 34.1 Å². The highest BCUT2D eigenvalue weighted by Gasteiger charge is 2.09. The van der Waals surface area contributed by atoms with Crippen LogP contribution in [0.4, 0.5) is 5.69 Å². The van der Waals surface area contributed by atoms with Crippen molar-refractivity contribution in [2.24, 2.45) is 0 Å². The minimum Gasteiger partial charge on any atom is -0.494 e. The molecule has 1 amide bonds. The Balaban J connectivity index is 2.25. The van der Waals surface area contributed by atoms with Crippen LogP contribution in [-0.2, 0) is 0 Å². The lowest BCUT2D eigenvalue weighted by atomic mass is 10.2. The number of amides is 1. The van der Waals surface area contributed by atoms with Gasteiger partial charge < -0.3 is 10.4 Å². The van der Waals surface area contributed by atoms with E-state index in [9.17, 15) is 14.7 Å². The van der Waals surface area contributed by atoms with Crippen molar-refractivity contribution < 1.29 is 9.90 Å². The van der Waals surface area contributed by atoms with Crippen LogP contribution in [0.2, 0.25) is 5.02 Å². The molecule has 0 saturated heterocycles. The first-order chi connectivity index (χ1) is 8.95. The van der Waals surface area contributed by atoms with Crippen LogP contribution in [0.3, 0.4) is 0 Å². The molecule has 3 N–H and O–H groups in total. The second-order valence-corrected chi connectivity index (χ2v) is 4.96. The highest BCUT2D eigenvalue weighted by molar-refractivity contribution is 9.10. The lowest BCUT2D eigenvalue weighted by Crippen LogP contribution is -2.15. The Morgan fingerprint density at radius 3 is 2.68 bits per heavy atom. The maximum absolute atomic E-state index is 11.9. The van der Waals surface area contributed by atoms with Crippen LogP contribution in [0.5, 0.6) is 5.88 Å². The Morgan fingerprint density at radius 1 is 1.32 bits per heavy atom. The van der Waals surface area contributed by atoms with E-state index < -0.39 is 11.5 Å². The second-order valence-electron chi connectivity index (χ2n) is 3.70. The van der Waals surface area contributed by atoms with E-state index in [4.69, 9.17) is 11.6 Å². The number of anilines is 1. The summed E-state index contributed by atoms with van der Waals surface area (Å²) in [6, 6.07) is 7.14. The van der Waals surface area contributed by atoms with Crippen LogP contribution in [-0.4, -0.2) is 16.0 Å². The normalized spacial score (nSPS) is 10.2. The fraction of sp³-hybridized carbons (Fsp3) is 0. The number of hydrogen-bond acceptors (Lipinski definition) is 3. The molecule has 98 valence electrons. The fourth-order valence-corrected chi connectivity index (χ4v) is 1.93. The van der Waals surface area contributed by atoms with Crippen molar-refractivity contribution in [1.82, 2.24) is 4.98 Å². The number of aromatic nitrogens is 1. The van der Waals surface area contributed by atoms with Crippen LogP contribution in [0.15, 0.2) is 39.6 Å². The van der Waals surface area contributed by atoms with Crippen LogP contribution < -0.4 is 10.9 Å². The molecular formula is C12H8BrClN2O3. The van der Waals surface area contributed by atoms with Crippen molar-refractivity contribution in [3.8, 4) is 5.88 Å². The minimum atomic E-state index is -0.553. The van der Waals surface area contributed by atoms with Crippen molar-refractivity contribution in [1.29, 1.82) is 0 Å². The number of rotatable bonds is 2. The molecule has 1 aromatic heterocycles. The SMILES string of the molecule is O=C(Nc1ccc(Cl)c(Br)c1)c1cc(O)[nH]c(=O)c1. The van der Waals surface area contributed by atoms with E-state index >= 15 is 0 Å². The lowest BCUT2D eigenvalue weighted by Gasteiger charge is -2.06. The molecule has 0 unspecified atom stereocenters. The van der Waals surface area contributed by atoms with Gasteiger partial charge in [-0.15, -0.1) is 0 Å². The average Bonchev–Trinajstić information content (AvgIpc) is 2.32. The van der Waals surface area contributed by atoms with Crippen molar-refractivity contribution >= 4 is 39.1 Å². The first-order valence-electron chi connectivity index (χ1n) is 5.15. The first kappa shape index (κ1) is 13.6. The van der Waals surface area contributed by atoms with Gasteiger partial charge in [-0.25, -0.2) is 0 Å². The summed E-state index contributed by atoms with van der Waals surface area (Å²) in [4.78, 5) is 25.2. The minimum absolute atomic E-state index is 0.0623. The lowest BCUT2D eigenvalue weighted by molar-refractivity contribution is 0.102. The molecule has 0 atom stereocenters. The Morgan fingerprint density at radius 2 is 2.05 bits per heavy atom. The quantitative estimate of drug-likeness (QED) is 0.784. The van der Waals surface area contributed by atoms with E-state index in [1.807, 2.05) is 0 Å². The Labute approximate surface area is 121 Å². The Hall–Kier alpha value is -1.79. The molecule has 0 fully saturated rings. The number of aromatic amines is 1. The molecular weight excluding hydrogens is 336 g/mol. The van der Waals surface area contributed by atoms with Gasteiger partial charge in [0, 0.05) is 22.3 Å². The number of pyridine rings is 1. The van der Waals surface area contributed by atoms with Crippen LogP contribution in [0.25, 0.3) is 0 Å². The number of hydrogen-bond donors (Lipinski definition) is 3. The van der Waals surface area contributed by atoms with Gasteiger partial charge in [-0.3, -0.25) is 14.6 Å². The van der Waals surface area contributed by atoms with Crippen molar-refractivity contribution in [2.45, 2.75) is 0 Å². The zero-order valence-corrected chi connectivity index (χ0v) is 11.7. The van der Waals surface area contributed by atoms with E-state index in [1.165, 1.54) is 6.07 Å². The number of nitrogens with one attached hydrogen (secondary N) is 2. The standard InChI is InChI=1S/C12H8BrClN2O3/c13-8-5-7(1-2-9(8)14)15-12(19)6-3-10(17)16-11(18)4-6/h1-5H,(H,15,19)(H2,16,17,18). The topological polar surface area (TPSA) is 82.2 Å². The van der Waals surface area contributed by atoms with Gasteiger partial charge in [0.05, 0.1) is 10.6 Å². The maximum Gasteiger partial charge on any atom is 0.256 e. The average molecular weight is 344 g/mol. The van der Waals surface area contributed by atoms with Crippen LogP contribution in [0, 0.1) is 0 Å². The first-order valence-corrected chi connectivity index (χ1v) is 6.32. The van der Waals surface area contributed by atoms with Crippen molar-refractivity contribution in [3.63, 3.8) is 0 Å². The molecule has 5 nitrogen and oxygen atoms in total. The van der Waals surface area contributed by atoms with Crippen molar-refractivity contribution in [2.75, 3.05) is 5.32 Å². The molecule has 0 aliphatic carbocycles. The summed E-state index contributed by atoms with van der Waals surface area (Å²) in [5.74, 6) is -0.870. The van der Waals surface area contributed by atoms with Gasteiger partial charge in [0.1, 0.15) is 0 Å². The van der Waals surface area contributed by atoms with Gasteiger partial charge in [0.2, 0.25) is 0 Å². The zero-order valence-electron chi connectivity index (χ0n) is 9.41. The van der Waals surface area contributed by atoms with Crippen molar-refractivity contribution in [3.05, 3.63) is 55.7 Å². The van der Waals surface area contributed by atoms with E-state index in [-0.39, 0.29) is 11.4 Å². The predicted octanol–water partition coefficient (Wildman–Crippen LogP) is 2.75. The van der Waals surface area contributed by atoms with Gasteiger partial charge >= 0.3 is 0 Å². The largest absolute Gasteiger partial charge is 0.494 e. The predicted molar refractivity (Wildman–Crippen MR) is 75.8 cm³/mol. The van der Waals surface area contributed by atoms with Gasteiger partial charge in [0.15, 0.2) is 5.88 Å². The molecule has 0 radical (unpaired) electrons. The molecule has 2 aromatic rings. The third-order valence-corrected chi connectivity index (χ3v) is 3.48. The monoisotopic (exact) mass is 342 g/mol. The number of carbonyl (C=O) groups is 1. The highest BCUT2D eigenvalue weighted by Crippen LogP contribution is 2.25. The molecule has 1 heterocycles. The summed E-state index contributed by atoms with van der Waals surface area (Å²) in [5, 5.41) is 12.3.